The van der Waals surface area contributed by atoms with Crippen molar-refractivity contribution in [2.75, 3.05) is 26.2 Å². The van der Waals surface area contributed by atoms with Crippen LogP contribution in [-0.4, -0.2) is 54.3 Å². The number of amides is 2. The molecule has 1 rings (SSSR count). The van der Waals surface area contributed by atoms with Crippen LogP contribution < -0.4 is 5.32 Å². The fraction of sp³-hybridized carbons (Fsp3) is 0.875. The molecule has 1 N–H and O–H groups in total. The third kappa shape index (κ3) is 5.83. The van der Waals surface area contributed by atoms with E-state index in [1.807, 2.05) is 34.6 Å². The van der Waals surface area contributed by atoms with Gasteiger partial charge in [-0.1, -0.05) is 6.92 Å². The Bertz CT molecular complexity index is 392. The highest BCUT2D eigenvalue weighted by Gasteiger charge is 2.38. The number of likely N-dealkylation sites (tertiary alicyclic amines) is 1. The molecule has 0 radical (unpaired) electrons. The molecule has 1 aliphatic heterocycles. The number of likely N-dealkylation sites (N-methyl/N-ethyl adjacent to an activating group) is 1. The molecular weight excluding hydrogens is 284 g/mol. The highest BCUT2D eigenvalue weighted by Crippen LogP contribution is 2.29. The van der Waals surface area contributed by atoms with Crippen molar-refractivity contribution in [3.8, 4) is 0 Å². The van der Waals surface area contributed by atoms with Crippen molar-refractivity contribution < 1.29 is 19.1 Å². The first-order chi connectivity index (χ1) is 10.2. The Morgan fingerprint density at radius 1 is 1.27 bits per heavy atom. The van der Waals surface area contributed by atoms with Crippen LogP contribution in [0, 0.1) is 0 Å². The van der Waals surface area contributed by atoms with E-state index in [-0.39, 0.29) is 18.6 Å². The largest absolute Gasteiger partial charge is 0.444 e. The van der Waals surface area contributed by atoms with Crippen LogP contribution in [0.25, 0.3) is 0 Å². The third-order valence-corrected chi connectivity index (χ3v) is 3.72. The quantitative estimate of drug-likeness (QED) is 0.845. The summed E-state index contributed by atoms with van der Waals surface area (Å²) >= 11 is 0. The number of hydrogen-bond acceptors (Lipinski definition) is 4. The first-order valence-corrected chi connectivity index (χ1v) is 8.10. The van der Waals surface area contributed by atoms with Gasteiger partial charge in [0.2, 0.25) is 5.91 Å². The van der Waals surface area contributed by atoms with E-state index < -0.39 is 11.2 Å². The molecule has 1 heterocycles. The van der Waals surface area contributed by atoms with Gasteiger partial charge in [-0.2, -0.15) is 0 Å². The minimum atomic E-state index is -0.509. The number of nitrogens with zero attached hydrogens (tertiary/aromatic N) is 1. The molecule has 2 amide bonds. The number of carbonyl (C=O) groups is 2. The summed E-state index contributed by atoms with van der Waals surface area (Å²) in [6, 6.07) is 0. The lowest BCUT2D eigenvalue weighted by Crippen LogP contribution is -2.53. The average Bonchev–Trinajstić information content (AvgIpc) is 2.44. The zero-order valence-corrected chi connectivity index (χ0v) is 14.5. The predicted molar refractivity (Wildman–Crippen MR) is 84.7 cm³/mol. The molecule has 1 saturated heterocycles. The highest BCUT2D eigenvalue weighted by molar-refractivity contribution is 5.77. The van der Waals surface area contributed by atoms with Gasteiger partial charge in [-0.25, -0.2) is 4.79 Å². The van der Waals surface area contributed by atoms with Crippen molar-refractivity contribution in [1.29, 1.82) is 0 Å². The number of hydrogen-bond donors (Lipinski definition) is 1. The van der Waals surface area contributed by atoms with E-state index in [1.54, 1.807) is 4.90 Å². The van der Waals surface area contributed by atoms with E-state index >= 15 is 0 Å². The second-order valence-electron chi connectivity index (χ2n) is 6.78. The van der Waals surface area contributed by atoms with Crippen molar-refractivity contribution in [3.05, 3.63) is 0 Å². The summed E-state index contributed by atoms with van der Waals surface area (Å²) in [5.41, 5.74) is -0.967. The Kier molecular flexibility index (Phi) is 6.66. The summed E-state index contributed by atoms with van der Waals surface area (Å²) < 4.78 is 11.3. The summed E-state index contributed by atoms with van der Waals surface area (Å²) in [6.45, 7) is 11.2. The molecule has 22 heavy (non-hydrogen) atoms. The number of ether oxygens (including phenoxy) is 2. The van der Waals surface area contributed by atoms with Crippen molar-refractivity contribution in [2.24, 2.45) is 0 Å². The Morgan fingerprint density at radius 2 is 1.95 bits per heavy atom. The topological polar surface area (TPSA) is 67.9 Å². The van der Waals surface area contributed by atoms with E-state index in [0.29, 0.717) is 19.6 Å². The zero-order chi connectivity index (χ0) is 16.8. The molecule has 1 aliphatic rings. The molecule has 1 unspecified atom stereocenters. The minimum absolute atomic E-state index is 0.0316. The van der Waals surface area contributed by atoms with Gasteiger partial charge in [-0.3, -0.25) is 4.79 Å². The summed E-state index contributed by atoms with van der Waals surface area (Å²) in [7, 11) is 0. The first-order valence-electron chi connectivity index (χ1n) is 8.10. The van der Waals surface area contributed by atoms with Gasteiger partial charge in [-0.05, 0) is 47.0 Å². The molecule has 128 valence electrons. The molecule has 0 aromatic heterocycles. The lowest BCUT2D eigenvalue weighted by molar-refractivity contribution is -0.138. The molecule has 0 aromatic carbocycles. The number of carbonyl (C=O) groups excluding carboxylic acids is 2. The number of rotatable bonds is 5. The standard InChI is InChI=1S/C16H30N2O4/c1-6-16(21-11-13(19)17-7-2)9-8-10-18(12-16)14(20)22-15(3,4)5/h6-12H2,1-5H3,(H,17,19). The summed E-state index contributed by atoms with van der Waals surface area (Å²) in [5, 5.41) is 2.72. The average molecular weight is 314 g/mol. The SMILES string of the molecule is CCNC(=O)COC1(CC)CCCN(C(=O)OC(C)(C)C)C1. The highest BCUT2D eigenvalue weighted by atomic mass is 16.6. The Hall–Kier alpha value is -1.30. The van der Waals surface area contributed by atoms with Gasteiger partial charge in [-0.15, -0.1) is 0 Å². The molecule has 6 heteroatoms. The van der Waals surface area contributed by atoms with Gasteiger partial charge in [0, 0.05) is 13.1 Å². The molecule has 0 aromatic rings. The monoisotopic (exact) mass is 314 g/mol. The minimum Gasteiger partial charge on any atom is -0.444 e. The van der Waals surface area contributed by atoms with Crippen molar-refractivity contribution in [3.63, 3.8) is 0 Å². The van der Waals surface area contributed by atoms with Crippen molar-refractivity contribution in [2.45, 2.75) is 65.1 Å². The van der Waals surface area contributed by atoms with Crippen LogP contribution in [0.1, 0.15) is 53.9 Å². The van der Waals surface area contributed by atoms with Crippen LogP contribution in [0.3, 0.4) is 0 Å². The number of nitrogens with one attached hydrogen (secondary N) is 1. The van der Waals surface area contributed by atoms with Crippen LogP contribution in [0.2, 0.25) is 0 Å². The first kappa shape index (κ1) is 18.7. The summed E-state index contributed by atoms with van der Waals surface area (Å²) in [4.78, 5) is 25.5. The molecule has 0 saturated carbocycles. The van der Waals surface area contributed by atoms with Gasteiger partial charge >= 0.3 is 6.09 Å². The lowest BCUT2D eigenvalue weighted by atomic mass is 9.90. The van der Waals surface area contributed by atoms with E-state index in [2.05, 4.69) is 5.32 Å². The zero-order valence-electron chi connectivity index (χ0n) is 14.5. The summed E-state index contributed by atoms with van der Waals surface area (Å²) in [6.07, 6.45) is 2.14. The Labute approximate surface area is 133 Å². The fourth-order valence-electron chi connectivity index (χ4n) is 2.56. The molecule has 0 spiro atoms. The Balaban J connectivity index is 2.64. The molecular formula is C16H30N2O4. The Morgan fingerprint density at radius 3 is 2.50 bits per heavy atom. The second-order valence-corrected chi connectivity index (χ2v) is 6.78. The predicted octanol–water partition coefficient (Wildman–Crippen LogP) is 2.32. The summed E-state index contributed by atoms with van der Waals surface area (Å²) in [5.74, 6) is -0.121. The van der Waals surface area contributed by atoms with E-state index in [9.17, 15) is 9.59 Å². The van der Waals surface area contributed by atoms with Crippen molar-refractivity contribution in [1.82, 2.24) is 10.2 Å². The molecule has 1 atom stereocenters. The second kappa shape index (κ2) is 7.81. The lowest BCUT2D eigenvalue weighted by Gasteiger charge is -2.42. The molecule has 0 aliphatic carbocycles. The normalized spacial score (nSPS) is 22.3. The van der Waals surface area contributed by atoms with E-state index in [0.717, 1.165) is 19.3 Å². The van der Waals surface area contributed by atoms with Crippen LogP contribution in [0.5, 0.6) is 0 Å². The molecule has 0 bridgehead atoms. The third-order valence-electron chi connectivity index (χ3n) is 3.72. The van der Waals surface area contributed by atoms with Gasteiger partial charge in [0.15, 0.2) is 0 Å². The van der Waals surface area contributed by atoms with E-state index in [4.69, 9.17) is 9.47 Å². The van der Waals surface area contributed by atoms with Crippen LogP contribution >= 0.6 is 0 Å². The molecule has 1 fully saturated rings. The smallest absolute Gasteiger partial charge is 0.410 e. The van der Waals surface area contributed by atoms with Crippen LogP contribution in [0.15, 0.2) is 0 Å². The number of piperidine rings is 1. The van der Waals surface area contributed by atoms with Gasteiger partial charge < -0.3 is 19.7 Å². The maximum absolute atomic E-state index is 12.2. The maximum atomic E-state index is 12.2. The van der Waals surface area contributed by atoms with Crippen LogP contribution in [-0.2, 0) is 14.3 Å². The van der Waals surface area contributed by atoms with Crippen molar-refractivity contribution >= 4 is 12.0 Å². The van der Waals surface area contributed by atoms with E-state index in [1.165, 1.54) is 0 Å². The van der Waals surface area contributed by atoms with Gasteiger partial charge in [0.25, 0.3) is 0 Å². The van der Waals surface area contributed by atoms with Gasteiger partial charge in [0.1, 0.15) is 12.2 Å². The molecule has 6 nitrogen and oxygen atoms in total. The van der Waals surface area contributed by atoms with Crippen LogP contribution in [0.4, 0.5) is 4.79 Å². The maximum Gasteiger partial charge on any atom is 0.410 e. The fourth-order valence-corrected chi connectivity index (χ4v) is 2.56. The van der Waals surface area contributed by atoms with Gasteiger partial charge in [0.05, 0.1) is 12.1 Å².